The lowest BCUT2D eigenvalue weighted by molar-refractivity contribution is -0.715. The van der Waals surface area contributed by atoms with E-state index in [1.807, 2.05) is 30.5 Å². The van der Waals surface area contributed by atoms with Crippen LogP contribution in [-0.4, -0.2) is 12.6 Å². The van der Waals surface area contributed by atoms with E-state index in [1.165, 1.54) is 12.5 Å². The summed E-state index contributed by atoms with van der Waals surface area (Å²) in [6.07, 6.45) is 5.11. The molecule has 1 aromatic heterocycles. The molecule has 3 heteroatoms. The monoisotopic (exact) mass is 270 g/mol. The highest BCUT2D eigenvalue weighted by Gasteiger charge is 2.22. The Morgan fingerprint density at radius 2 is 1.95 bits per heavy atom. The number of aryl methyl sites for hydroxylation is 1. The van der Waals surface area contributed by atoms with E-state index in [9.17, 15) is 4.79 Å². The number of hydrogen-bond donors (Lipinski definition) is 0. The van der Waals surface area contributed by atoms with E-state index in [4.69, 9.17) is 4.74 Å². The lowest BCUT2D eigenvalue weighted by Crippen LogP contribution is -2.42. The van der Waals surface area contributed by atoms with Gasteiger partial charge in [0.2, 0.25) is 6.04 Å². The second-order valence-electron chi connectivity index (χ2n) is 4.74. The molecule has 0 unspecified atom stereocenters. The molecule has 3 nitrogen and oxygen atoms in total. The van der Waals surface area contributed by atoms with E-state index in [1.54, 1.807) is 0 Å². The predicted octanol–water partition coefficient (Wildman–Crippen LogP) is 2.69. The van der Waals surface area contributed by atoms with E-state index >= 15 is 0 Å². The zero-order valence-electron chi connectivity index (χ0n) is 12.0. The Kier molecular flexibility index (Phi) is 4.88. The van der Waals surface area contributed by atoms with Crippen molar-refractivity contribution in [3.05, 3.63) is 66.0 Å². The maximum Gasteiger partial charge on any atom is 0.302 e. The summed E-state index contributed by atoms with van der Waals surface area (Å²) in [5.41, 5.74) is 2.39. The molecule has 0 aliphatic rings. The Hall–Kier alpha value is -2.16. The molecule has 0 fully saturated rings. The molecule has 0 saturated heterocycles. The smallest absolute Gasteiger partial charge is 0.302 e. The number of carbonyl (C=O) groups is 1. The number of carbonyl (C=O) groups excluding carboxylic acids is 1. The number of aromatic nitrogens is 1. The standard InChI is InChI=1S/C17H20NO2/c1-3-15-8-7-11-18(12-15)17(13-20-14(2)19)16-9-5-4-6-10-16/h4-12,17H,3,13H2,1-2H3/q+1/t17-/m0/s1. The van der Waals surface area contributed by atoms with Crippen molar-refractivity contribution >= 4 is 5.97 Å². The van der Waals surface area contributed by atoms with Crippen LogP contribution in [0.2, 0.25) is 0 Å². The third-order valence-corrected chi connectivity index (χ3v) is 3.28. The van der Waals surface area contributed by atoms with Crippen LogP contribution in [0, 0.1) is 0 Å². The minimum atomic E-state index is -0.252. The normalized spacial score (nSPS) is 11.9. The molecular weight excluding hydrogens is 250 g/mol. The van der Waals surface area contributed by atoms with Gasteiger partial charge >= 0.3 is 5.97 Å². The fourth-order valence-corrected chi connectivity index (χ4v) is 2.17. The highest BCUT2D eigenvalue weighted by Crippen LogP contribution is 2.13. The first-order valence-corrected chi connectivity index (χ1v) is 6.88. The van der Waals surface area contributed by atoms with Crippen molar-refractivity contribution in [1.29, 1.82) is 0 Å². The summed E-state index contributed by atoms with van der Waals surface area (Å²) in [7, 11) is 0. The zero-order valence-corrected chi connectivity index (χ0v) is 12.0. The quantitative estimate of drug-likeness (QED) is 0.617. The number of rotatable bonds is 5. The second kappa shape index (κ2) is 6.85. The lowest BCUT2D eigenvalue weighted by Gasteiger charge is -2.13. The Bertz CT molecular complexity index is 566. The maximum atomic E-state index is 11.1. The molecule has 0 spiro atoms. The molecule has 0 radical (unpaired) electrons. The third kappa shape index (κ3) is 3.67. The second-order valence-corrected chi connectivity index (χ2v) is 4.74. The molecule has 1 aromatic carbocycles. The van der Waals surface area contributed by atoms with Crippen molar-refractivity contribution < 1.29 is 14.1 Å². The molecule has 0 bridgehead atoms. The van der Waals surface area contributed by atoms with E-state index in [0.717, 1.165) is 12.0 Å². The molecule has 2 rings (SSSR count). The van der Waals surface area contributed by atoms with Gasteiger partial charge in [0.15, 0.2) is 19.0 Å². The number of benzene rings is 1. The lowest BCUT2D eigenvalue weighted by atomic mass is 10.1. The van der Waals surface area contributed by atoms with Gasteiger partial charge < -0.3 is 4.74 Å². The van der Waals surface area contributed by atoms with Crippen molar-refractivity contribution in [2.24, 2.45) is 0 Å². The number of hydrogen-bond acceptors (Lipinski definition) is 2. The van der Waals surface area contributed by atoms with Gasteiger partial charge in [-0.25, -0.2) is 0 Å². The van der Waals surface area contributed by atoms with Crippen LogP contribution in [0.5, 0.6) is 0 Å². The van der Waals surface area contributed by atoms with Crippen LogP contribution in [0.4, 0.5) is 0 Å². The van der Waals surface area contributed by atoms with Gasteiger partial charge in [-0.1, -0.05) is 37.3 Å². The highest BCUT2D eigenvalue weighted by atomic mass is 16.5. The largest absolute Gasteiger partial charge is 0.458 e. The van der Waals surface area contributed by atoms with Gasteiger partial charge in [0, 0.05) is 24.1 Å². The molecule has 2 aromatic rings. The zero-order chi connectivity index (χ0) is 14.4. The van der Waals surface area contributed by atoms with Crippen molar-refractivity contribution in [3.8, 4) is 0 Å². The first-order valence-electron chi connectivity index (χ1n) is 6.88. The summed E-state index contributed by atoms with van der Waals surface area (Å²) in [6.45, 7) is 3.91. The van der Waals surface area contributed by atoms with E-state index in [-0.39, 0.29) is 12.0 Å². The topological polar surface area (TPSA) is 30.2 Å². The summed E-state index contributed by atoms with van der Waals surface area (Å²) in [5, 5.41) is 0. The molecule has 1 atom stereocenters. The average molecular weight is 270 g/mol. The summed E-state index contributed by atoms with van der Waals surface area (Å²) in [6, 6.07) is 14.2. The average Bonchev–Trinajstić information content (AvgIpc) is 2.48. The SMILES string of the molecule is CCc1ccc[n+]([C@@H](COC(C)=O)c2ccccc2)c1. The van der Waals surface area contributed by atoms with Crippen LogP contribution >= 0.6 is 0 Å². The fraction of sp³-hybridized carbons (Fsp3) is 0.294. The van der Waals surface area contributed by atoms with Crippen molar-refractivity contribution in [2.45, 2.75) is 26.3 Å². The molecular formula is C17H20NO2+. The molecule has 0 aliphatic heterocycles. The van der Waals surface area contributed by atoms with Gasteiger partial charge in [0.1, 0.15) is 0 Å². The van der Waals surface area contributed by atoms with Crippen LogP contribution in [0.25, 0.3) is 0 Å². The fourth-order valence-electron chi connectivity index (χ4n) is 2.17. The van der Waals surface area contributed by atoms with Gasteiger partial charge in [-0.05, 0) is 12.5 Å². The molecule has 0 aliphatic carbocycles. The van der Waals surface area contributed by atoms with Crippen molar-refractivity contribution in [3.63, 3.8) is 0 Å². The number of ether oxygens (including phenoxy) is 1. The van der Waals surface area contributed by atoms with Crippen LogP contribution in [0.3, 0.4) is 0 Å². The summed E-state index contributed by atoms with van der Waals surface area (Å²) < 4.78 is 7.33. The van der Waals surface area contributed by atoms with Gasteiger partial charge in [-0.15, -0.1) is 0 Å². The van der Waals surface area contributed by atoms with Gasteiger partial charge in [-0.3, -0.25) is 4.79 Å². The number of esters is 1. The Labute approximate surface area is 119 Å². The van der Waals surface area contributed by atoms with Gasteiger partial charge in [0.25, 0.3) is 0 Å². The molecule has 0 saturated carbocycles. The Balaban J connectivity index is 2.32. The predicted molar refractivity (Wildman–Crippen MR) is 77.2 cm³/mol. The molecule has 20 heavy (non-hydrogen) atoms. The summed E-state index contributed by atoms with van der Waals surface area (Å²) in [5.74, 6) is -0.252. The minimum Gasteiger partial charge on any atom is -0.458 e. The van der Waals surface area contributed by atoms with Crippen LogP contribution < -0.4 is 4.57 Å². The molecule has 0 amide bonds. The van der Waals surface area contributed by atoms with Crippen LogP contribution in [-0.2, 0) is 16.0 Å². The third-order valence-electron chi connectivity index (χ3n) is 3.28. The molecule has 104 valence electrons. The molecule has 1 heterocycles. The van der Waals surface area contributed by atoms with E-state index in [2.05, 4.69) is 35.9 Å². The Morgan fingerprint density at radius 3 is 2.60 bits per heavy atom. The minimum absolute atomic E-state index is 0.00611. The van der Waals surface area contributed by atoms with E-state index in [0.29, 0.717) is 6.61 Å². The van der Waals surface area contributed by atoms with E-state index < -0.39 is 0 Å². The first-order chi connectivity index (χ1) is 9.70. The van der Waals surface area contributed by atoms with Gasteiger partial charge in [0.05, 0.1) is 0 Å². The maximum absolute atomic E-state index is 11.1. The van der Waals surface area contributed by atoms with Crippen molar-refractivity contribution in [2.75, 3.05) is 6.61 Å². The summed E-state index contributed by atoms with van der Waals surface area (Å²) in [4.78, 5) is 11.1. The summed E-state index contributed by atoms with van der Waals surface area (Å²) >= 11 is 0. The number of pyridine rings is 1. The number of nitrogens with zero attached hydrogens (tertiary/aromatic N) is 1. The van der Waals surface area contributed by atoms with Gasteiger partial charge in [-0.2, -0.15) is 4.57 Å². The van der Waals surface area contributed by atoms with Crippen LogP contribution in [0.15, 0.2) is 54.9 Å². The first kappa shape index (κ1) is 14.3. The highest BCUT2D eigenvalue weighted by molar-refractivity contribution is 5.65. The Morgan fingerprint density at radius 1 is 1.20 bits per heavy atom. The van der Waals surface area contributed by atoms with Crippen molar-refractivity contribution in [1.82, 2.24) is 0 Å². The molecule has 0 N–H and O–H groups in total. The van der Waals surface area contributed by atoms with Crippen LogP contribution in [0.1, 0.15) is 31.0 Å².